The van der Waals surface area contributed by atoms with Gasteiger partial charge in [-0.25, -0.2) is 9.18 Å². The Balaban J connectivity index is 1.25. The number of aromatic nitrogens is 1. The largest absolute Gasteiger partial charge is 0.378 e. The smallest absolute Gasteiger partial charge is 0.323 e. The van der Waals surface area contributed by atoms with E-state index in [9.17, 15) is 14.0 Å². The van der Waals surface area contributed by atoms with Gasteiger partial charge in [-0.1, -0.05) is 6.07 Å². The number of hydrogen-bond acceptors (Lipinski definition) is 4. The predicted octanol–water partition coefficient (Wildman–Crippen LogP) is 4.95. The average Bonchev–Trinajstić information content (AvgIpc) is 3.28. The number of urea groups is 1. The van der Waals surface area contributed by atoms with Crippen LogP contribution in [0.25, 0.3) is 10.9 Å². The number of rotatable bonds is 4. The number of nitrogens with one attached hydrogen (secondary N) is 2. The van der Waals surface area contributed by atoms with Crippen molar-refractivity contribution < 1.29 is 18.7 Å². The lowest BCUT2D eigenvalue weighted by atomic mass is 10.2. The van der Waals surface area contributed by atoms with Crippen molar-refractivity contribution in [3.63, 3.8) is 0 Å². The van der Waals surface area contributed by atoms with Crippen LogP contribution in [0.15, 0.2) is 79.0 Å². The summed E-state index contributed by atoms with van der Waals surface area (Å²) in [5, 5.41) is 6.42. The maximum atomic E-state index is 13.5. The topological polar surface area (TPSA) is 75.6 Å². The molecule has 2 heterocycles. The third-order valence-electron chi connectivity index (χ3n) is 5.74. The van der Waals surface area contributed by atoms with E-state index in [0.717, 1.165) is 37.4 Å². The van der Waals surface area contributed by atoms with E-state index in [4.69, 9.17) is 4.74 Å². The Labute approximate surface area is 195 Å². The number of anilines is 3. The molecule has 1 aliphatic rings. The number of hydrogen-bond donors (Lipinski definition) is 2. The Morgan fingerprint density at radius 2 is 1.59 bits per heavy atom. The normalized spacial score (nSPS) is 13.6. The van der Waals surface area contributed by atoms with E-state index in [1.54, 1.807) is 36.5 Å². The summed E-state index contributed by atoms with van der Waals surface area (Å²) in [5.41, 5.74) is 3.29. The summed E-state index contributed by atoms with van der Waals surface area (Å²) in [6.45, 7) is 3.14. The lowest BCUT2D eigenvalue weighted by molar-refractivity contribution is 0.0964. The Bertz CT molecular complexity index is 1340. The van der Waals surface area contributed by atoms with E-state index < -0.39 is 5.82 Å². The van der Waals surface area contributed by atoms with Gasteiger partial charge in [-0.2, -0.15) is 0 Å². The van der Waals surface area contributed by atoms with Crippen LogP contribution in [0.4, 0.5) is 26.2 Å². The third kappa shape index (κ3) is 4.62. The van der Waals surface area contributed by atoms with Crippen LogP contribution in [-0.4, -0.2) is 42.8 Å². The minimum absolute atomic E-state index is 0.263. The Hall–Kier alpha value is -4.17. The second kappa shape index (κ2) is 9.36. The molecular weight excluding hydrogens is 435 g/mol. The minimum Gasteiger partial charge on any atom is -0.378 e. The monoisotopic (exact) mass is 458 g/mol. The first kappa shape index (κ1) is 21.7. The molecule has 2 N–H and O–H groups in total. The third-order valence-corrected chi connectivity index (χ3v) is 5.74. The maximum Gasteiger partial charge on any atom is 0.323 e. The quantitative estimate of drug-likeness (QED) is 0.454. The van der Waals surface area contributed by atoms with Crippen molar-refractivity contribution in [2.45, 2.75) is 0 Å². The number of benzene rings is 3. The van der Waals surface area contributed by atoms with Crippen LogP contribution in [0.2, 0.25) is 0 Å². The van der Waals surface area contributed by atoms with Crippen molar-refractivity contribution in [3.05, 3.63) is 90.4 Å². The van der Waals surface area contributed by atoms with E-state index in [0.29, 0.717) is 16.9 Å². The molecule has 8 heteroatoms. The van der Waals surface area contributed by atoms with E-state index in [-0.39, 0.29) is 17.5 Å². The molecule has 5 rings (SSSR count). The maximum absolute atomic E-state index is 13.5. The van der Waals surface area contributed by atoms with Crippen LogP contribution in [0.3, 0.4) is 0 Å². The molecule has 0 aliphatic carbocycles. The SMILES string of the molecule is O=C(Nc1ccc(N2CCOCC2)cc1)Nc1ccc2c(ccn2C(=O)c2cccc(F)c2)c1. The first-order valence-corrected chi connectivity index (χ1v) is 11.0. The zero-order valence-corrected chi connectivity index (χ0v) is 18.3. The summed E-state index contributed by atoms with van der Waals surface area (Å²) in [4.78, 5) is 27.5. The van der Waals surface area contributed by atoms with Gasteiger partial charge in [-0.05, 0) is 66.7 Å². The van der Waals surface area contributed by atoms with E-state index in [1.165, 1.54) is 22.8 Å². The first-order chi connectivity index (χ1) is 16.6. The molecule has 1 fully saturated rings. The number of carbonyl (C=O) groups is 2. The van der Waals surface area contributed by atoms with Crippen molar-refractivity contribution in [3.8, 4) is 0 Å². The molecular formula is C26H23FN4O3. The molecule has 3 aromatic carbocycles. The van der Waals surface area contributed by atoms with Crippen LogP contribution >= 0.6 is 0 Å². The van der Waals surface area contributed by atoms with Crippen LogP contribution in [-0.2, 0) is 4.74 Å². The fourth-order valence-electron chi connectivity index (χ4n) is 4.03. The highest BCUT2D eigenvalue weighted by Gasteiger charge is 2.14. The minimum atomic E-state index is -0.462. The van der Waals surface area contributed by atoms with Gasteiger partial charge in [0.05, 0.1) is 18.7 Å². The summed E-state index contributed by atoms with van der Waals surface area (Å²) in [6.07, 6.45) is 1.64. The molecule has 0 spiro atoms. The predicted molar refractivity (Wildman–Crippen MR) is 130 cm³/mol. The molecule has 34 heavy (non-hydrogen) atoms. The molecule has 172 valence electrons. The summed E-state index contributed by atoms with van der Waals surface area (Å²) >= 11 is 0. The van der Waals surface area contributed by atoms with Gasteiger partial charge in [-0.3, -0.25) is 9.36 Å². The van der Waals surface area contributed by atoms with Crippen LogP contribution in [0.5, 0.6) is 0 Å². The molecule has 4 aromatic rings. The average molecular weight is 458 g/mol. The second-order valence-electron chi connectivity index (χ2n) is 8.00. The Morgan fingerprint density at radius 1 is 0.853 bits per heavy atom. The fraction of sp³-hybridized carbons (Fsp3) is 0.154. The van der Waals surface area contributed by atoms with Gasteiger partial charge in [0, 0.05) is 47.3 Å². The number of ether oxygens (including phenoxy) is 1. The molecule has 7 nitrogen and oxygen atoms in total. The van der Waals surface area contributed by atoms with Gasteiger partial charge in [0.2, 0.25) is 0 Å². The molecule has 0 radical (unpaired) electrons. The number of morpholine rings is 1. The molecule has 0 atom stereocenters. The molecule has 1 aromatic heterocycles. The molecule has 2 amide bonds. The first-order valence-electron chi connectivity index (χ1n) is 11.0. The summed E-state index contributed by atoms with van der Waals surface area (Å²) in [6, 6.07) is 19.9. The van der Waals surface area contributed by atoms with Crippen molar-refractivity contribution >= 4 is 39.9 Å². The molecule has 0 unspecified atom stereocenters. The van der Waals surface area contributed by atoms with Crippen molar-refractivity contribution in [1.29, 1.82) is 0 Å². The van der Waals surface area contributed by atoms with E-state index in [1.807, 2.05) is 24.3 Å². The summed E-state index contributed by atoms with van der Waals surface area (Å²) in [7, 11) is 0. The van der Waals surface area contributed by atoms with Crippen LogP contribution in [0, 0.1) is 5.82 Å². The highest BCUT2D eigenvalue weighted by Crippen LogP contribution is 2.23. The van der Waals surface area contributed by atoms with Crippen LogP contribution < -0.4 is 15.5 Å². The highest BCUT2D eigenvalue weighted by atomic mass is 19.1. The van der Waals surface area contributed by atoms with E-state index in [2.05, 4.69) is 15.5 Å². The zero-order valence-electron chi connectivity index (χ0n) is 18.3. The van der Waals surface area contributed by atoms with E-state index >= 15 is 0 Å². The number of carbonyl (C=O) groups excluding carboxylic acids is 2. The summed E-state index contributed by atoms with van der Waals surface area (Å²) < 4.78 is 20.3. The zero-order chi connectivity index (χ0) is 23.5. The Morgan fingerprint density at radius 3 is 2.35 bits per heavy atom. The van der Waals surface area contributed by atoms with Gasteiger partial charge in [0.25, 0.3) is 5.91 Å². The number of halogens is 1. The van der Waals surface area contributed by atoms with Gasteiger partial charge in [0.1, 0.15) is 5.82 Å². The lowest BCUT2D eigenvalue weighted by Crippen LogP contribution is -2.36. The molecule has 1 aliphatic heterocycles. The molecule has 0 saturated carbocycles. The van der Waals surface area contributed by atoms with Gasteiger partial charge < -0.3 is 20.3 Å². The van der Waals surface area contributed by atoms with Gasteiger partial charge >= 0.3 is 6.03 Å². The second-order valence-corrected chi connectivity index (χ2v) is 8.00. The standard InChI is InChI=1S/C26H23FN4O3/c27-20-3-1-2-19(16-20)25(32)31-11-10-18-17-22(6-9-24(18)31)29-26(33)28-21-4-7-23(8-5-21)30-12-14-34-15-13-30/h1-11,16-17H,12-15H2,(H2,28,29,33). The number of nitrogens with zero attached hydrogens (tertiary/aromatic N) is 2. The van der Waals surface area contributed by atoms with Crippen molar-refractivity contribution in [2.75, 3.05) is 41.8 Å². The molecule has 0 bridgehead atoms. The number of amides is 2. The lowest BCUT2D eigenvalue weighted by Gasteiger charge is -2.28. The van der Waals surface area contributed by atoms with Gasteiger partial charge in [0.15, 0.2) is 0 Å². The Kier molecular flexibility index (Phi) is 5.97. The summed E-state index contributed by atoms with van der Waals surface area (Å²) in [5.74, 6) is -0.788. The highest BCUT2D eigenvalue weighted by molar-refractivity contribution is 6.04. The fourth-order valence-corrected chi connectivity index (χ4v) is 4.03. The van der Waals surface area contributed by atoms with Crippen molar-refractivity contribution in [2.24, 2.45) is 0 Å². The van der Waals surface area contributed by atoms with Gasteiger partial charge in [-0.15, -0.1) is 0 Å². The molecule has 1 saturated heterocycles. The van der Waals surface area contributed by atoms with Crippen molar-refractivity contribution in [1.82, 2.24) is 4.57 Å². The van der Waals surface area contributed by atoms with Crippen LogP contribution in [0.1, 0.15) is 10.4 Å². The number of fused-ring (bicyclic) bond motifs is 1.